The summed E-state index contributed by atoms with van der Waals surface area (Å²) in [6, 6.07) is 11.2. The number of urea groups is 1. The molecule has 2 amide bonds. The molecule has 5 heteroatoms. The van der Waals surface area contributed by atoms with E-state index in [9.17, 15) is 4.79 Å². The van der Waals surface area contributed by atoms with Gasteiger partial charge in [-0.2, -0.15) is 0 Å². The second-order valence-corrected chi connectivity index (χ2v) is 4.56. The molecule has 0 radical (unpaired) electrons. The molecule has 0 atom stereocenters. The Bertz CT molecular complexity index is 729. The molecule has 2 N–H and O–H groups in total. The zero-order valence-corrected chi connectivity index (χ0v) is 11.1. The maximum Gasteiger partial charge on any atom is 0.319 e. The number of amides is 2. The van der Waals surface area contributed by atoms with Crippen LogP contribution >= 0.6 is 0 Å². The van der Waals surface area contributed by atoms with Gasteiger partial charge in [-0.1, -0.05) is 12.1 Å². The number of nitrogens with one attached hydrogen (secondary N) is 2. The largest absolute Gasteiger partial charge is 0.467 e. The number of hydrogen-bond donors (Lipinski definition) is 2. The molecule has 0 aliphatic carbocycles. The van der Waals surface area contributed by atoms with Crippen molar-refractivity contribution in [3.05, 3.63) is 54.6 Å². The summed E-state index contributed by atoms with van der Waals surface area (Å²) in [4.78, 5) is 11.9. The normalized spacial score (nSPS) is 10.7. The van der Waals surface area contributed by atoms with Crippen LogP contribution in [0.15, 0.2) is 53.3 Å². The molecule has 2 heterocycles. The molecule has 3 aromatic rings. The summed E-state index contributed by atoms with van der Waals surface area (Å²) >= 11 is 0. The Kier molecular flexibility index (Phi) is 3.16. The second kappa shape index (κ2) is 5.13. The van der Waals surface area contributed by atoms with Crippen molar-refractivity contribution >= 4 is 22.6 Å². The number of fused-ring (bicyclic) bond motifs is 1. The Hall–Kier alpha value is -2.69. The van der Waals surface area contributed by atoms with Crippen LogP contribution in [0.1, 0.15) is 5.76 Å². The molecule has 0 aliphatic heterocycles. The molecular weight excluding hydrogens is 254 g/mol. The molecule has 20 heavy (non-hydrogen) atoms. The number of carbonyl (C=O) groups excluding carboxylic acids is 1. The van der Waals surface area contributed by atoms with E-state index in [1.54, 1.807) is 12.3 Å². The zero-order chi connectivity index (χ0) is 13.9. The highest BCUT2D eigenvalue weighted by atomic mass is 16.3. The van der Waals surface area contributed by atoms with Crippen molar-refractivity contribution in [1.82, 2.24) is 9.88 Å². The predicted octanol–water partition coefficient (Wildman–Crippen LogP) is 3.09. The summed E-state index contributed by atoms with van der Waals surface area (Å²) in [5, 5.41) is 6.71. The van der Waals surface area contributed by atoms with Crippen LogP contribution in [0.25, 0.3) is 10.9 Å². The molecule has 0 aliphatic rings. The van der Waals surface area contributed by atoms with E-state index in [0.29, 0.717) is 6.54 Å². The average molecular weight is 269 g/mol. The number of furan rings is 1. The van der Waals surface area contributed by atoms with E-state index >= 15 is 0 Å². The van der Waals surface area contributed by atoms with Crippen LogP contribution in [-0.4, -0.2) is 10.6 Å². The lowest BCUT2D eigenvalue weighted by Gasteiger charge is -2.09. The minimum Gasteiger partial charge on any atom is -0.467 e. The number of anilines is 1. The van der Waals surface area contributed by atoms with Crippen molar-refractivity contribution in [2.24, 2.45) is 7.05 Å². The quantitative estimate of drug-likeness (QED) is 0.767. The van der Waals surface area contributed by atoms with Crippen LogP contribution in [0.2, 0.25) is 0 Å². The summed E-state index contributed by atoms with van der Waals surface area (Å²) in [6.45, 7) is 0.363. The fourth-order valence-corrected chi connectivity index (χ4v) is 2.20. The molecular formula is C15H15N3O2. The summed E-state index contributed by atoms with van der Waals surface area (Å²) in [5.74, 6) is 0.720. The topological polar surface area (TPSA) is 59.2 Å². The third-order valence-corrected chi connectivity index (χ3v) is 3.15. The molecule has 3 rings (SSSR count). The van der Waals surface area contributed by atoms with Gasteiger partial charge < -0.3 is 19.6 Å². The van der Waals surface area contributed by atoms with Gasteiger partial charge in [-0.25, -0.2) is 4.79 Å². The molecule has 102 valence electrons. The first kappa shape index (κ1) is 12.3. The highest BCUT2D eigenvalue weighted by Gasteiger charge is 2.08. The smallest absolute Gasteiger partial charge is 0.319 e. The minimum absolute atomic E-state index is 0.255. The molecule has 0 spiro atoms. The number of carbonyl (C=O) groups is 1. The van der Waals surface area contributed by atoms with Gasteiger partial charge in [-0.3, -0.25) is 0 Å². The molecule has 0 bridgehead atoms. The highest BCUT2D eigenvalue weighted by molar-refractivity contribution is 6.00. The lowest BCUT2D eigenvalue weighted by atomic mass is 10.2. The van der Waals surface area contributed by atoms with E-state index in [4.69, 9.17) is 4.42 Å². The molecule has 5 nitrogen and oxygen atoms in total. The fraction of sp³-hybridized carbons (Fsp3) is 0.133. The summed E-state index contributed by atoms with van der Waals surface area (Å²) in [5.41, 5.74) is 1.78. The van der Waals surface area contributed by atoms with Gasteiger partial charge in [-0.15, -0.1) is 0 Å². The van der Waals surface area contributed by atoms with Gasteiger partial charge in [0, 0.05) is 18.6 Å². The monoisotopic (exact) mass is 269 g/mol. The zero-order valence-electron chi connectivity index (χ0n) is 11.1. The third-order valence-electron chi connectivity index (χ3n) is 3.15. The van der Waals surface area contributed by atoms with E-state index in [1.165, 1.54) is 0 Å². The van der Waals surface area contributed by atoms with Crippen molar-refractivity contribution < 1.29 is 9.21 Å². The van der Waals surface area contributed by atoms with Crippen molar-refractivity contribution in [3.8, 4) is 0 Å². The van der Waals surface area contributed by atoms with Gasteiger partial charge in [0.15, 0.2) is 0 Å². The summed E-state index contributed by atoms with van der Waals surface area (Å²) in [7, 11) is 1.95. The van der Waals surface area contributed by atoms with Crippen molar-refractivity contribution in [3.63, 3.8) is 0 Å². The van der Waals surface area contributed by atoms with Crippen molar-refractivity contribution in [1.29, 1.82) is 0 Å². The maximum absolute atomic E-state index is 11.9. The number of rotatable bonds is 3. The third kappa shape index (κ3) is 2.38. The predicted molar refractivity (Wildman–Crippen MR) is 77.5 cm³/mol. The minimum atomic E-state index is -0.255. The number of para-hydroxylation sites is 1. The molecule has 2 aromatic heterocycles. The van der Waals surface area contributed by atoms with Crippen LogP contribution in [-0.2, 0) is 13.6 Å². The summed E-state index contributed by atoms with van der Waals surface area (Å²) in [6.07, 6.45) is 3.55. The molecule has 0 fully saturated rings. The molecule has 0 unspecified atom stereocenters. The molecule has 1 aromatic carbocycles. The Morgan fingerprint density at radius 1 is 1.25 bits per heavy atom. The van der Waals surface area contributed by atoms with E-state index < -0.39 is 0 Å². The van der Waals surface area contributed by atoms with Gasteiger partial charge in [0.25, 0.3) is 0 Å². The van der Waals surface area contributed by atoms with Crippen molar-refractivity contribution in [2.45, 2.75) is 6.54 Å². The number of hydrogen-bond acceptors (Lipinski definition) is 2. The number of aryl methyl sites for hydroxylation is 1. The second-order valence-electron chi connectivity index (χ2n) is 4.56. The first-order valence-corrected chi connectivity index (χ1v) is 6.35. The fourth-order valence-electron chi connectivity index (χ4n) is 2.20. The van der Waals surface area contributed by atoms with E-state index in [-0.39, 0.29) is 6.03 Å². The lowest BCUT2D eigenvalue weighted by Crippen LogP contribution is -2.28. The van der Waals surface area contributed by atoms with Gasteiger partial charge in [0.2, 0.25) is 0 Å². The van der Waals surface area contributed by atoms with E-state index in [0.717, 1.165) is 22.4 Å². The number of benzene rings is 1. The number of nitrogens with zero attached hydrogens (tertiary/aromatic N) is 1. The lowest BCUT2D eigenvalue weighted by molar-refractivity contribution is 0.251. The average Bonchev–Trinajstić information content (AvgIpc) is 3.07. The molecule has 0 saturated heterocycles. The first-order chi connectivity index (χ1) is 9.74. The highest BCUT2D eigenvalue weighted by Crippen LogP contribution is 2.23. The van der Waals surface area contributed by atoms with Crippen LogP contribution in [0.5, 0.6) is 0 Å². The first-order valence-electron chi connectivity index (χ1n) is 6.35. The Morgan fingerprint density at radius 2 is 2.15 bits per heavy atom. The van der Waals surface area contributed by atoms with Crippen molar-refractivity contribution in [2.75, 3.05) is 5.32 Å². The van der Waals surface area contributed by atoms with Crippen LogP contribution in [0, 0.1) is 0 Å². The number of aromatic nitrogens is 1. The van der Waals surface area contributed by atoms with Crippen LogP contribution < -0.4 is 10.6 Å². The summed E-state index contributed by atoms with van der Waals surface area (Å²) < 4.78 is 7.15. The van der Waals surface area contributed by atoms with Crippen LogP contribution in [0.3, 0.4) is 0 Å². The van der Waals surface area contributed by atoms with Gasteiger partial charge >= 0.3 is 6.03 Å². The molecule has 0 saturated carbocycles. The maximum atomic E-state index is 11.9. The Labute approximate surface area is 116 Å². The van der Waals surface area contributed by atoms with Gasteiger partial charge in [-0.05, 0) is 24.3 Å². The van der Waals surface area contributed by atoms with E-state index in [2.05, 4.69) is 10.6 Å². The van der Waals surface area contributed by atoms with Gasteiger partial charge in [0.1, 0.15) is 5.76 Å². The van der Waals surface area contributed by atoms with E-state index in [1.807, 2.05) is 48.1 Å². The Morgan fingerprint density at radius 3 is 2.95 bits per heavy atom. The Balaban J connectivity index is 1.72. The SMILES string of the molecule is Cn1ccc2cccc(NC(=O)NCc3ccco3)c21. The standard InChI is InChI=1S/C15H15N3O2/c1-18-8-7-11-4-2-6-13(14(11)18)17-15(19)16-10-12-5-3-9-20-12/h2-9H,10H2,1H3,(H2,16,17,19). The van der Waals surface area contributed by atoms with Gasteiger partial charge in [0.05, 0.1) is 24.0 Å². The van der Waals surface area contributed by atoms with Crippen LogP contribution in [0.4, 0.5) is 10.5 Å².